The van der Waals surface area contributed by atoms with E-state index in [1.807, 2.05) is 26.0 Å². The number of carbonyl (C=O) groups is 4. The average Bonchev–Trinajstić information content (AvgIpc) is 3.46. The van der Waals surface area contributed by atoms with Crippen molar-refractivity contribution in [1.82, 2.24) is 0 Å². The minimum Gasteiger partial charge on any atom is -0.392 e. The number of allylic oxidation sites excluding steroid dienone is 22. The fourth-order valence-corrected chi connectivity index (χ4v) is 6.66. The van der Waals surface area contributed by atoms with Crippen molar-refractivity contribution in [2.24, 2.45) is 11.8 Å². The molecule has 88 heavy (non-hydrogen) atoms. The lowest BCUT2D eigenvalue weighted by Gasteiger charge is -2.16. The fraction of sp³-hybridized carbons (Fsp3) is 0.600. The van der Waals surface area contributed by atoms with E-state index in [0.29, 0.717) is 24.7 Å². The lowest BCUT2D eigenvalue weighted by molar-refractivity contribution is -0.109. The van der Waals surface area contributed by atoms with E-state index >= 15 is 0 Å². The number of aliphatic hydroxyl groups excluding tert-OH is 2. The highest BCUT2D eigenvalue weighted by molar-refractivity contribution is 5.66. The lowest BCUT2D eigenvalue weighted by atomic mass is 10.00. The number of aldehydes is 4. The van der Waals surface area contributed by atoms with Crippen LogP contribution in [0.3, 0.4) is 0 Å². The van der Waals surface area contributed by atoms with Crippen LogP contribution in [0.1, 0.15) is 282 Å². The second-order valence-electron chi connectivity index (χ2n) is 25.5. The second-order valence-corrected chi connectivity index (χ2v) is 25.5. The summed E-state index contributed by atoms with van der Waals surface area (Å²) in [6.45, 7) is 56.7. The summed E-state index contributed by atoms with van der Waals surface area (Å²) < 4.78 is 0. The van der Waals surface area contributed by atoms with Crippen LogP contribution in [0.4, 0.5) is 0 Å². The molecule has 0 spiro atoms. The van der Waals surface area contributed by atoms with Crippen molar-refractivity contribution in [3.05, 3.63) is 165 Å². The first kappa shape index (κ1) is 99.1. The van der Waals surface area contributed by atoms with E-state index in [2.05, 4.69) is 200 Å². The van der Waals surface area contributed by atoms with Gasteiger partial charge in [0, 0.05) is 12.8 Å². The normalized spacial score (nSPS) is 12.5. The minimum atomic E-state index is -0.702. The molecule has 0 saturated heterocycles. The molecule has 8 nitrogen and oxygen atoms in total. The minimum absolute atomic E-state index is 0.167. The van der Waals surface area contributed by atoms with Crippen LogP contribution in [-0.2, 0) is 19.2 Å². The molecule has 0 aromatic heterocycles. The van der Waals surface area contributed by atoms with Gasteiger partial charge in [-0.15, -0.1) is 13.2 Å². The number of rotatable bonds is 34. The molecule has 4 N–H and O–H groups in total. The van der Waals surface area contributed by atoms with Gasteiger partial charge in [-0.2, -0.15) is 0 Å². The van der Waals surface area contributed by atoms with Gasteiger partial charge in [-0.3, -0.25) is 9.59 Å². The molecule has 0 heterocycles. The summed E-state index contributed by atoms with van der Waals surface area (Å²) >= 11 is 0. The molecule has 4 unspecified atom stereocenters. The Morgan fingerprint density at radius 3 is 0.761 bits per heavy atom. The molecule has 4 atom stereocenters. The van der Waals surface area contributed by atoms with E-state index in [4.69, 9.17) is 10.2 Å². The third-order valence-corrected chi connectivity index (χ3v) is 12.7. The topological polar surface area (TPSA) is 149 Å². The summed E-state index contributed by atoms with van der Waals surface area (Å²) in [6.07, 6.45) is 48.9. The van der Waals surface area contributed by atoms with Gasteiger partial charge in [0.1, 0.15) is 25.1 Å². The summed E-state index contributed by atoms with van der Waals surface area (Å²) in [5.74, 6) is 1.09. The predicted octanol–water partition coefficient (Wildman–Crippen LogP) is 22.4. The molecule has 0 rings (SSSR count). The molecular weight excluding hydrogens is 1090 g/mol. The van der Waals surface area contributed by atoms with Crippen molar-refractivity contribution in [2.75, 3.05) is 13.2 Å². The second kappa shape index (κ2) is 71.0. The Morgan fingerprint density at radius 1 is 0.352 bits per heavy atom. The van der Waals surface area contributed by atoms with Crippen molar-refractivity contribution < 1.29 is 39.6 Å². The lowest BCUT2D eigenvalue weighted by Crippen LogP contribution is -2.19. The van der Waals surface area contributed by atoms with Crippen LogP contribution in [0.2, 0.25) is 0 Å². The quantitative estimate of drug-likeness (QED) is 0.0283. The van der Waals surface area contributed by atoms with Crippen LogP contribution < -0.4 is 0 Å². The third-order valence-electron chi connectivity index (χ3n) is 12.7. The van der Waals surface area contributed by atoms with Gasteiger partial charge in [-0.25, -0.2) is 0 Å². The van der Waals surface area contributed by atoms with Crippen LogP contribution in [0, 0.1) is 11.8 Å². The number of hydrogen-bond donors (Lipinski definition) is 4. The molecule has 508 valence electrons. The van der Waals surface area contributed by atoms with E-state index in [1.165, 1.54) is 55.7 Å². The third kappa shape index (κ3) is 109. The summed E-state index contributed by atoms with van der Waals surface area (Å²) in [5, 5.41) is 36.1. The molecular formula is C80H140O8. The van der Waals surface area contributed by atoms with Gasteiger partial charge < -0.3 is 30.0 Å². The maximum atomic E-state index is 10.1. The van der Waals surface area contributed by atoms with Crippen molar-refractivity contribution in [2.45, 2.75) is 293 Å². The Bertz CT molecular complexity index is 1970. The highest BCUT2D eigenvalue weighted by Crippen LogP contribution is 2.16. The van der Waals surface area contributed by atoms with E-state index in [1.54, 1.807) is 38.2 Å². The first-order chi connectivity index (χ1) is 40.9. The molecule has 0 bridgehead atoms. The van der Waals surface area contributed by atoms with Gasteiger partial charge in [0.15, 0.2) is 0 Å². The first-order valence-corrected chi connectivity index (χ1v) is 32.4. The Morgan fingerprint density at radius 2 is 0.568 bits per heavy atom. The zero-order chi connectivity index (χ0) is 70.0. The molecule has 0 fully saturated rings. The number of aliphatic hydroxyl groups is 4. The molecule has 0 radical (unpaired) electrons. The summed E-state index contributed by atoms with van der Waals surface area (Å²) in [5.41, 5.74) is 14.2. The standard InChI is InChI=1S/4C10H18O.2C10H16O.2C10H18O/c6*1-9(2)5-4-6-10(3)7-8-11;2*1-5-10(4,11)8-6-7-9(2)3/h2*5,8,10H,4,6-7H2,1-3H3;2*5,7,11H,4,6,8H2,1-3H3;2*5,7-8H,4,6H2,1-3H3;2*5,7,11H,1,6,8H2,2-4H3/b;;2*10-7+;;;;. The van der Waals surface area contributed by atoms with Gasteiger partial charge >= 0.3 is 0 Å². The number of hydrogen-bond acceptors (Lipinski definition) is 8. The maximum Gasteiger partial charge on any atom is 0.142 e. The Labute approximate surface area is 545 Å². The van der Waals surface area contributed by atoms with E-state index < -0.39 is 11.2 Å². The molecule has 0 aliphatic rings. The van der Waals surface area contributed by atoms with Crippen LogP contribution in [0.25, 0.3) is 0 Å². The van der Waals surface area contributed by atoms with E-state index in [-0.39, 0.29) is 13.2 Å². The summed E-state index contributed by atoms with van der Waals surface area (Å²) in [6, 6.07) is 0. The molecule has 0 aliphatic heterocycles. The Hall–Kier alpha value is -5.12. The molecule has 0 aromatic carbocycles. The number of carbonyl (C=O) groups excluding carboxylic acids is 4. The van der Waals surface area contributed by atoms with Gasteiger partial charge in [0.25, 0.3) is 0 Å². The average molecular weight is 1230 g/mol. The van der Waals surface area contributed by atoms with E-state index in [9.17, 15) is 29.4 Å². The highest BCUT2D eigenvalue weighted by atomic mass is 16.3. The fourth-order valence-electron chi connectivity index (χ4n) is 6.66. The van der Waals surface area contributed by atoms with Gasteiger partial charge in [-0.1, -0.05) is 154 Å². The molecule has 8 heteroatoms. The smallest absolute Gasteiger partial charge is 0.142 e. The van der Waals surface area contributed by atoms with Gasteiger partial charge in [-0.05, 0) is 279 Å². The molecule has 0 amide bonds. The summed E-state index contributed by atoms with van der Waals surface area (Å²) in [7, 11) is 0. The maximum absolute atomic E-state index is 10.1. The van der Waals surface area contributed by atoms with Crippen LogP contribution in [0.15, 0.2) is 165 Å². The Balaban J connectivity index is -0.000000139. The van der Waals surface area contributed by atoms with Crippen molar-refractivity contribution in [1.29, 1.82) is 0 Å². The SMILES string of the molecule is C=CC(C)(O)CCC=C(C)C.C=CC(C)(O)CCC=C(C)C.CC(C)=CCC/C(C)=C/CO.CC(C)=CCC/C(C)=C/CO.CC(C)=CCCC(C)=CC=O.CC(C)=CCCC(C)=CC=O.CC(C)=CCCC(C)CC=O.CC(C)=CCCC(C)CC=O. The molecule has 0 saturated carbocycles. The van der Waals surface area contributed by atoms with Crippen molar-refractivity contribution in [3.8, 4) is 0 Å². The van der Waals surface area contributed by atoms with Gasteiger partial charge in [0.2, 0.25) is 0 Å². The molecule has 0 aliphatic carbocycles. The van der Waals surface area contributed by atoms with Crippen LogP contribution in [0.5, 0.6) is 0 Å². The monoisotopic (exact) mass is 1230 g/mol. The van der Waals surface area contributed by atoms with Crippen molar-refractivity contribution >= 4 is 25.1 Å². The summed E-state index contributed by atoms with van der Waals surface area (Å²) in [4.78, 5) is 40.2. The zero-order valence-corrected chi connectivity index (χ0v) is 61.5. The van der Waals surface area contributed by atoms with Crippen LogP contribution in [-0.4, -0.2) is 70.0 Å². The highest BCUT2D eigenvalue weighted by Gasteiger charge is 2.13. The molecule has 0 aromatic rings. The van der Waals surface area contributed by atoms with Crippen LogP contribution >= 0.6 is 0 Å². The van der Waals surface area contributed by atoms with E-state index in [0.717, 1.165) is 139 Å². The Kier molecular flexibility index (Phi) is 79.9. The van der Waals surface area contributed by atoms with Gasteiger partial charge in [0.05, 0.1) is 24.4 Å². The predicted molar refractivity (Wildman–Crippen MR) is 392 cm³/mol. The first-order valence-electron chi connectivity index (χ1n) is 32.4. The van der Waals surface area contributed by atoms with Crippen molar-refractivity contribution in [3.63, 3.8) is 0 Å². The zero-order valence-electron chi connectivity index (χ0n) is 61.5. The largest absolute Gasteiger partial charge is 0.392 e.